The van der Waals surface area contributed by atoms with Crippen LogP contribution in [0.1, 0.15) is 51.9 Å². The van der Waals surface area contributed by atoms with E-state index in [-0.39, 0.29) is 23.3 Å². The van der Waals surface area contributed by atoms with Crippen molar-refractivity contribution in [1.29, 1.82) is 0 Å². The smallest absolute Gasteiger partial charge is 0.338 e. The van der Waals surface area contributed by atoms with E-state index in [1.807, 2.05) is 11.6 Å². The summed E-state index contributed by atoms with van der Waals surface area (Å²) >= 11 is 5.92. The van der Waals surface area contributed by atoms with Crippen LogP contribution in [0.3, 0.4) is 0 Å². The number of carbonyl (C=O) groups is 2. The molecule has 5 rings (SSSR count). The lowest BCUT2D eigenvalue weighted by molar-refractivity contribution is -0.148. The zero-order chi connectivity index (χ0) is 23.8. The maximum atomic E-state index is 13.1. The van der Waals surface area contributed by atoms with Gasteiger partial charge in [0.1, 0.15) is 6.61 Å². The first-order chi connectivity index (χ1) is 16.4. The quantitative estimate of drug-likeness (QED) is 0.630. The number of carbonyl (C=O) groups excluding carboxylic acids is 2. The minimum Gasteiger partial charge on any atom is -0.461 e. The van der Waals surface area contributed by atoms with Crippen molar-refractivity contribution >= 4 is 23.5 Å². The predicted octanol–water partition coefficient (Wildman–Crippen LogP) is 3.06. The van der Waals surface area contributed by atoms with E-state index in [2.05, 4.69) is 5.32 Å². The summed E-state index contributed by atoms with van der Waals surface area (Å²) in [5.41, 5.74) is 2.55. The maximum absolute atomic E-state index is 13.1. The fraction of sp³-hybridized carbons (Fsp3) is 0.560. The summed E-state index contributed by atoms with van der Waals surface area (Å²) in [6.45, 7) is 5.78. The Morgan fingerprint density at radius 1 is 1.21 bits per heavy atom. The summed E-state index contributed by atoms with van der Waals surface area (Å²) in [6.07, 6.45) is 3.27. The van der Waals surface area contributed by atoms with Gasteiger partial charge in [-0.3, -0.25) is 9.48 Å². The van der Waals surface area contributed by atoms with Gasteiger partial charge in [-0.1, -0.05) is 18.5 Å². The molecule has 182 valence electrons. The molecule has 3 aliphatic heterocycles. The Bertz CT molecular complexity index is 1070. The number of aromatic nitrogens is 2. The zero-order valence-electron chi connectivity index (χ0n) is 19.4. The SMILES string of the molecule is CCc1nn(CC2(COC(=O)c3ccc(Cl)cc3)COC2)c2c1C(=O)NCC1(CCOCC1)C2. The van der Waals surface area contributed by atoms with Gasteiger partial charge in [0.05, 0.1) is 47.7 Å². The van der Waals surface area contributed by atoms with E-state index in [1.54, 1.807) is 24.3 Å². The number of aryl methyl sites for hydroxylation is 1. The fourth-order valence-corrected chi connectivity index (χ4v) is 5.25. The van der Waals surface area contributed by atoms with Crippen LogP contribution in [0.4, 0.5) is 0 Å². The molecule has 4 heterocycles. The molecule has 1 aromatic carbocycles. The van der Waals surface area contributed by atoms with Gasteiger partial charge >= 0.3 is 5.97 Å². The average Bonchev–Trinajstić information content (AvgIpc) is 3.09. The zero-order valence-corrected chi connectivity index (χ0v) is 20.2. The molecule has 2 fully saturated rings. The highest BCUT2D eigenvalue weighted by atomic mass is 35.5. The Kier molecular flexibility index (Phi) is 6.39. The molecule has 0 radical (unpaired) electrons. The van der Waals surface area contributed by atoms with Crippen LogP contribution in [0, 0.1) is 10.8 Å². The molecule has 0 unspecified atom stereocenters. The molecule has 0 atom stereocenters. The van der Waals surface area contributed by atoms with Gasteiger partial charge in [0, 0.05) is 24.8 Å². The Balaban J connectivity index is 1.38. The maximum Gasteiger partial charge on any atom is 0.338 e. The molecule has 0 saturated carbocycles. The minimum atomic E-state index is -0.392. The lowest BCUT2D eigenvalue weighted by Crippen LogP contribution is -2.50. The van der Waals surface area contributed by atoms with Gasteiger partial charge in [-0.25, -0.2) is 4.79 Å². The highest BCUT2D eigenvalue weighted by molar-refractivity contribution is 6.30. The summed E-state index contributed by atoms with van der Waals surface area (Å²) in [5, 5.41) is 8.57. The Morgan fingerprint density at radius 2 is 1.94 bits per heavy atom. The van der Waals surface area contributed by atoms with Gasteiger partial charge < -0.3 is 19.5 Å². The van der Waals surface area contributed by atoms with Crippen LogP contribution in [0.5, 0.6) is 0 Å². The van der Waals surface area contributed by atoms with Crippen molar-refractivity contribution in [3.8, 4) is 0 Å². The molecule has 8 nitrogen and oxygen atoms in total. The third-order valence-electron chi connectivity index (χ3n) is 7.30. The number of halogens is 1. The molecule has 2 saturated heterocycles. The summed E-state index contributed by atoms with van der Waals surface area (Å²) in [6, 6.07) is 6.65. The monoisotopic (exact) mass is 487 g/mol. The van der Waals surface area contributed by atoms with E-state index in [4.69, 9.17) is 30.9 Å². The number of amides is 1. The number of ether oxygens (including phenoxy) is 3. The second-order valence-electron chi connectivity index (χ2n) is 9.83. The number of hydrogen-bond acceptors (Lipinski definition) is 6. The van der Waals surface area contributed by atoms with Gasteiger partial charge in [-0.2, -0.15) is 5.10 Å². The number of fused-ring (bicyclic) bond motifs is 1. The Morgan fingerprint density at radius 3 is 2.59 bits per heavy atom. The van der Waals surface area contributed by atoms with Crippen LogP contribution in [0.2, 0.25) is 5.02 Å². The topological polar surface area (TPSA) is 91.7 Å². The van der Waals surface area contributed by atoms with E-state index in [9.17, 15) is 9.59 Å². The lowest BCUT2D eigenvalue weighted by atomic mass is 9.76. The van der Waals surface area contributed by atoms with E-state index in [0.29, 0.717) is 62.1 Å². The van der Waals surface area contributed by atoms with E-state index >= 15 is 0 Å². The number of hydrogen-bond donors (Lipinski definition) is 1. The first-order valence-electron chi connectivity index (χ1n) is 11.9. The first kappa shape index (κ1) is 23.3. The van der Waals surface area contributed by atoms with Crippen LogP contribution in [-0.4, -0.2) is 61.2 Å². The molecule has 9 heteroatoms. The number of benzene rings is 1. The van der Waals surface area contributed by atoms with E-state index < -0.39 is 5.97 Å². The van der Waals surface area contributed by atoms with Crippen molar-refractivity contribution < 1.29 is 23.8 Å². The first-order valence-corrected chi connectivity index (χ1v) is 12.3. The van der Waals surface area contributed by atoms with Gasteiger partial charge in [-0.05, 0) is 55.4 Å². The molecule has 1 spiro atoms. The predicted molar refractivity (Wildman–Crippen MR) is 125 cm³/mol. The van der Waals surface area contributed by atoms with Crippen molar-refractivity contribution in [2.75, 3.05) is 39.6 Å². The van der Waals surface area contributed by atoms with Gasteiger partial charge in [0.15, 0.2) is 0 Å². The van der Waals surface area contributed by atoms with Crippen molar-refractivity contribution in [1.82, 2.24) is 15.1 Å². The Labute approximate surface area is 203 Å². The van der Waals surface area contributed by atoms with Gasteiger partial charge in [0.25, 0.3) is 5.91 Å². The van der Waals surface area contributed by atoms with Crippen molar-refractivity contribution in [3.63, 3.8) is 0 Å². The standard InChI is InChI=1S/C25H30ClN3O5/c1-2-19-21-20(11-24(12-27-22(21)30)7-9-32-10-8-24)29(28-19)13-25(14-33-15-25)16-34-23(31)17-3-5-18(26)6-4-17/h3-6H,2,7-16H2,1H3,(H,27,30). The molecule has 0 bridgehead atoms. The molecule has 2 aromatic rings. The molecule has 3 aliphatic rings. The molecule has 1 aromatic heterocycles. The lowest BCUT2D eigenvalue weighted by Gasteiger charge is -2.41. The normalized spacial score (nSPS) is 20.7. The number of nitrogens with one attached hydrogen (secondary N) is 1. The second-order valence-corrected chi connectivity index (χ2v) is 10.3. The molecular formula is C25H30ClN3O5. The second kappa shape index (κ2) is 9.32. The third-order valence-corrected chi connectivity index (χ3v) is 7.55. The van der Waals surface area contributed by atoms with Gasteiger partial charge in [0.2, 0.25) is 0 Å². The van der Waals surface area contributed by atoms with Crippen LogP contribution >= 0.6 is 11.6 Å². The third kappa shape index (κ3) is 4.46. The number of nitrogens with zero attached hydrogens (tertiary/aromatic N) is 2. The number of esters is 1. The van der Waals surface area contributed by atoms with Crippen LogP contribution in [0.15, 0.2) is 24.3 Å². The minimum absolute atomic E-state index is 0.0215. The largest absolute Gasteiger partial charge is 0.461 e. The summed E-state index contributed by atoms with van der Waals surface area (Å²) in [4.78, 5) is 25.6. The summed E-state index contributed by atoms with van der Waals surface area (Å²) < 4.78 is 18.8. The van der Waals surface area contributed by atoms with Crippen LogP contribution < -0.4 is 5.32 Å². The molecule has 1 N–H and O–H groups in total. The number of rotatable bonds is 6. The highest BCUT2D eigenvalue weighted by Gasteiger charge is 2.44. The van der Waals surface area contributed by atoms with Crippen LogP contribution in [0.25, 0.3) is 0 Å². The highest BCUT2D eigenvalue weighted by Crippen LogP contribution is 2.39. The molecule has 34 heavy (non-hydrogen) atoms. The van der Waals surface area contributed by atoms with Crippen molar-refractivity contribution in [2.45, 2.75) is 39.2 Å². The summed E-state index contributed by atoms with van der Waals surface area (Å²) in [7, 11) is 0. The van der Waals surface area contributed by atoms with Crippen LogP contribution in [-0.2, 0) is 33.6 Å². The van der Waals surface area contributed by atoms with Gasteiger partial charge in [-0.15, -0.1) is 0 Å². The molecule has 0 aliphatic carbocycles. The van der Waals surface area contributed by atoms with E-state index in [0.717, 1.165) is 30.7 Å². The Hall–Kier alpha value is -2.42. The molecule has 1 amide bonds. The van der Waals surface area contributed by atoms with Crippen molar-refractivity contribution in [2.24, 2.45) is 10.8 Å². The fourth-order valence-electron chi connectivity index (χ4n) is 5.12. The van der Waals surface area contributed by atoms with E-state index in [1.165, 1.54) is 0 Å². The summed E-state index contributed by atoms with van der Waals surface area (Å²) in [5.74, 6) is -0.438. The molecular weight excluding hydrogens is 458 g/mol. The average molecular weight is 488 g/mol. The van der Waals surface area contributed by atoms with Crippen molar-refractivity contribution in [3.05, 3.63) is 51.8 Å².